The molecule has 1 atom stereocenters. The van der Waals surface area contributed by atoms with E-state index in [0.717, 1.165) is 12.1 Å². The molecule has 0 aliphatic heterocycles. The lowest BCUT2D eigenvalue weighted by atomic mass is 10.1. The van der Waals surface area contributed by atoms with E-state index in [1.165, 1.54) is 6.07 Å². The zero-order chi connectivity index (χ0) is 15.2. The Kier molecular flexibility index (Phi) is 4.87. The molecule has 0 aromatic heterocycles. The van der Waals surface area contributed by atoms with Crippen molar-refractivity contribution in [1.29, 1.82) is 0 Å². The lowest BCUT2D eigenvalue weighted by Crippen LogP contribution is -2.31. The van der Waals surface area contributed by atoms with Crippen LogP contribution in [0.2, 0.25) is 0 Å². The molecule has 2 aromatic rings. The van der Waals surface area contributed by atoms with E-state index in [0.29, 0.717) is 5.75 Å². The molecule has 0 heterocycles. The van der Waals surface area contributed by atoms with E-state index in [9.17, 15) is 13.6 Å². The lowest BCUT2D eigenvalue weighted by molar-refractivity contribution is -0.123. The van der Waals surface area contributed by atoms with Crippen LogP contribution in [0.1, 0.15) is 18.5 Å². The molecule has 0 bridgehead atoms. The van der Waals surface area contributed by atoms with Crippen molar-refractivity contribution in [2.24, 2.45) is 0 Å². The molecule has 2 rings (SSSR count). The van der Waals surface area contributed by atoms with Crippen LogP contribution < -0.4 is 10.1 Å². The van der Waals surface area contributed by atoms with Crippen LogP contribution in [-0.4, -0.2) is 12.5 Å². The summed E-state index contributed by atoms with van der Waals surface area (Å²) in [6.07, 6.45) is 0. The van der Waals surface area contributed by atoms with Crippen molar-refractivity contribution in [2.75, 3.05) is 6.61 Å². The molecule has 1 N–H and O–H groups in total. The molecule has 3 nitrogen and oxygen atoms in total. The van der Waals surface area contributed by atoms with Crippen molar-refractivity contribution in [3.05, 3.63) is 65.7 Å². The first-order chi connectivity index (χ1) is 10.1. The van der Waals surface area contributed by atoms with Crippen LogP contribution in [0, 0.1) is 11.6 Å². The van der Waals surface area contributed by atoms with Gasteiger partial charge in [0.05, 0.1) is 6.04 Å². The highest BCUT2D eigenvalue weighted by Crippen LogP contribution is 2.17. The predicted octanol–water partition coefficient (Wildman–Crippen LogP) is 3.22. The van der Waals surface area contributed by atoms with Gasteiger partial charge in [-0.05, 0) is 25.1 Å². The highest BCUT2D eigenvalue weighted by Gasteiger charge is 2.14. The van der Waals surface area contributed by atoms with Crippen LogP contribution in [0.15, 0.2) is 48.5 Å². The van der Waals surface area contributed by atoms with Crippen molar-refractivity contribution < 1.29 is 18.3 Å². The van der Waals surface area contributed by atoms with Crippen LogP contribution in [0.4, 0.5) is 8.78 Å². The molecule has 0 saturated heterocycles. The number of halogens is 2. The third-order valence-corrected chi connectivity index (χ3v) is 2.92. The SMILES string of the molecule is C[C@@H](NC(=O)COc1ccccc1)c1ccc(F)cc1F. The summed E-state index contributed by atoms with van der Waals surface area (Å²) in [4.78, 5) is 11.7. The Morgan fingerprint density at radius 2 is 1.90 bits per heavy atom. The van der Waals surface area contributed by atoms with Crippen molar-refractivity contribution in [1.82, 2.24) is 5.32 Å². The van der Waals surface area contributed by atoms with Gasteiger partial charge in [-0.25, -0.2) is 8.78 Å². The Balaban J connectivity index is 1.90. The van der Waals surface area contributed by atoms with E-state index in [4.69, 9.17) is 4.74 Å². The van der Waals surface area contributed by atoms with Crippen LogP contribution in [-0.2, 0) is 4.79 Å². The van der Waals surface area contributed by atoms with Crippen molar-refractivity contribution in [2.45, 2.75) is 13.0 Å². The van der Waals surface area contributed by atoms with Gasteiger partial charge in [0.1, 0.15) is 17.4 Å². The monoisotopic (exact) mass is 291 g/mol. The zero-order valence-electron chi connectivity index (χ0n) is 11.5. The van der Waals surface area contributed by atoms with Crippen LogP contribution in [0.5, 0.6) is 5.75 Å². The Morgan fingerprint density at radius 1 is 1.19 bits per heavy atom. The first kappa shape index (κ1) is 15.0. The Hall–Kier alpha value is -2.43. The fraction of sp³-hybridized carbons (Fsp3) is 0.188. The molecule has 0 aliphatic carbocycles. The normalized spacial score (nSPS) is 11.8. The largest absolute Gasteiger partial charge is 0.484 e. The number of rotatable bonds is 5. The molecule has 21 heavy (non-hydrogen) atoms. The van der Waals surface area contributed by atoms with Crippen molar-refractivity contribution in [3.63, 3.8) is 0 Å². The maximum atomic E-state index is 13.6. The fourth-order valence-corrected chi connectivity index (χ4v) is 1.88. The van der Waals surface area contributed by atoms with E-state index in [2.05, 4.69) is 5.32 Å². The number of carbonyl (C=O) groups is 1. The van der Waals surface area contributed by atoms with Gasteiger partial charge in [-0.15, -0.1) is 0 Å². The van der Waals surface area contributed by atoms with Crippen LogP contribution >= 0.6 is 0 Å². The highest BCUT2D eigenvalue weighted by molar-refractivity contribution is 5.78. The minimum absolute atomic E-state index is 0.169. The van der Waals surface area contributed by atoms with Gasteiger partial charge in [0.25, 0.3) is 5.91 Å². The summed E-state index contributed by atoms with van der Waals surface area (Å²) in [5.41, 5.74) is 0.226. The molecule has 0 unspecified atom stereocenters. The maximum absolute atomic E-state index is 13.6. The average Bonchev–Trinajstić information content (AvgIpc) is 2.46. The topological polar surface area (TPSA) is 38.3 Å². The number of carbonyl (C=O) groups excluding carboxylic acids is 1. The summed E-state index contributed by atoms with van der Waals surface area (Å²) in [6, 6.07) is 11.6. The van der Waals surface area contributed by atoms with E-state index >= 15 is 0 Å². The van der Waals surface area contributed by atoms with Crippen LogP contribution in [0.3, 0.4) is 0 Å². The quantitative estimate of drug-likeness (QED) is 0.918. The molecule has 1 amide bonds. The minimum Gasteiger partial charge on any atom is -0.484 e. The Labute approximate surface area is 121 Å². The standard InChI is InChI=1S/C16H15F2NO2/c1-11(14-8-7-12(17)9-15(14)18)19-16(20)10-21-13-5-3-2-4-6-13/h2-9,11H,10H2,1H3,(H,19,20)/t11-/m1/s1. The second kappa shape index (κ2) is 6.83. The lowest BCUT2D eigenvalue weighted by Gasteiger charge is -2.15. The van der Waals surface area contributed by atoms with Gasteiger partial charge in [-0.2, -0.15) is 0 Å². The summed E-state index contributed by atoms with van der Waals surface area (Å²) >= 11 is 0. The van der Waals surface area contributed by atoms with E-state index in [-0.39, 0.29) is 18.1 Å². The summed E-state index contributed by atoms with van der Waals surface area (Å²) in [6.45, 7) is 1.45. The van der Waals surface area contributed by atoms with Crippen LogP contribution in [0.25, 0.3) is 0 Å². The van der Waals surface area contributed by atoms with Gasteiger partial charge in [0.15, 0.2) is 6.61 Å². The van der Waals surface area contributed by atoms with Crippen molar-refractivity contribution in [3.8, 4) is 5.75 Å². The van der Waals surface area contributed by atoms with Gasteiger partial charge in [0.2, 0.25) is 0 Å². The number of hydrogen-bond acceptors (Lipinski definition) is 2. The van der Waals surface area contributed by atoms with Gasteiger partial charge in [-0.3, -0.25) is 4.79 Å². The summed E-state index contributed by atoms with van der Waals surface area (Å²) < 4.78 is 31.7. The third kappa shape index (κ3) is 4.27. The number of benzene rings is 2. The van der Waals surface area contributed by atoms with Gasteiger partial charge < -0.3 is 10.1 Å². The molecule has 110 valence electrons. The molecule has 0 aliphatic rings. The smallest absolute Gasteiger partial charge is 0.258 e. The Morgan fingerprint density at radius 3 is 2.57 bits per heavy atom. The molecule has 5 heteroatoms. The fourth-order valence-electron chi connectivity index (χ4n) is 1.88. The molecular formula is C16H15F2NO2. The maximum Gasteiger partial charge on any atom is 0.258 e. The average molecular weight is 291 g/mol. The molecule has 0 fully saturated rings. The van der Waals surface area contributed by atoms with E-state index < -0.39 is 17.7 Å². The molecular weight excluding hydrogens is 276 g/mol. The second-order valence-electron chi connectivity index (χ2n) is 4.56. The minimum atomic E-state index is -0.688. The number of hydrogen-bond donors (Lipinski definition) is 1. The first-order valence-corrected chi connectivity index (χ1v) is 6.48. The van der Waals surface area contributed by atoms with Crippen molar-refractivity contribution >= 4 is 5.91 Å². The molecule has 0 spiro atoms. The predicted molar refractivity (Wildman–Crippen MR) is 74.9 cm³/mol. The number of amides is 1. The summed E-state index contributed by atoms with van der Waals surface area (Å²) in [5, 5.41) is 2.60. The Bertz CT molecular complexity index is 617. The molecule has 0 saturated carbocycles. The summed E-state index contributed by atoms with van der Waals surface area (Å²) in [5.74, 6) is -1.14. The van der Waals surface area contributed by atoms with E-state index in [1.807, 2.05) is 6.07 Å². The number of para-hydroxylation sites is 1. The number of ether oxygens (including phenoxy) is 1. The van der Waals surface area contributed by atoms with E-state index in [1.54, 1.807) is 31.2 Å². The third-order valence-electron chi connectivity index (χ3n) is 2.92. The first-order valence-electron chi connectivity index (χ1n) is 6.48. The zero-order valence-corrected chi connectivity index (χ0v) is 11.5. The van der Waals surface area contributed by atoms with Gasteiger partial charge in [0, 0.05) is 11.6 Å². The molecule has 0 radical (unpaired) electrons. The number of nitrogens with one attached hydrogen (secondary N) is 1. The summed E-state index contributed by atoms with van der Waals surface area (Å²) in [7, 11) is 0. The highest BCUT2D eigenvalue weighted by atomic mass is 19.1. The molecule has 2 aromatic carbocycles. The second-order valence-corrected chi connectivity index (χ2v) is 4.56. The van der Waals surface area contributed by atoms with Gasteiger partial charge >= 0.3 is 0 Å². The van der Waals surface area contributed by atoms with Gasteiger partial charge in [-0.1, -0.05) is 24.3 Å².